The summed E-state index contributed by atoms with van der Waals surface area (Å²) in [6.45, 7) is 22.8. The van der Waals surface area contributed by atoms with Crippen molar-refractivity contribution < 1.29 is 107 Å². The zero-order chi connectivity index (χ0) is 57.2. The Morgan fingerprint density at radius 2 is 0.403 bits per heavy atom. The van der Waals surface area contributed by atoms with E-state index in [4.69, 9.17) is 107 Å². The van der Waals surface area contributed by atoms with Crippen molar-refractivity contribution in [2.75, 3.05) is 205 Å². The van der Waals surface area contributed by atoms with Gasteiger partial charge in [0.1, 0.15) is 36.6 Å². The quantitative estimate of drug-likeness (QED) is 0.0429. The minimum atomic E-state index is -0.234. The number of aliphatic hydroxyl groups is 7. The van der Waals surface area contributed by atoms with Crippen LogP contribution in [0.2, 0.25) is 0 Å². The molecule has 0 aliphatic rings. The molecule has 7 N–H and O–H groups in total. The molecule has 0 aliphatic carbocycles. The Morgan fingerprint density at radius 3 is 0.610 bits per heavy atom. The van der Waals surface area contributed by atoms with Crippen molar-refractivity contribution >= 4 is 0 Å². The molecule has 0 saturated heterocycles. The van der Waals surface area contributed by atoms with E-state index in [2.05, 4.69) is 20.8 Å². The molecular weight excluding hydrogens is 1010 g/mol. The van der Waals surface area contributed by atoms with E-state index in [9.17, 15) is 0 Å². The molecular formula is C55H116O22. The van der Waals surface area contributed by atoms with Crippen LogP contribution < -0.4 is 0 Å². The molecule has 6 unspecified atom stereocenters. The van der Waals surface area contributed by atoms with Gasteiger partial charge in [0.2, 0.25) is 0 Å². The predicted octanol–water partition coefficient (Wildman–Crippen LogP) is 3.54. The Balaban J connectivity index is -0.00000107. The highest BCUT2D eigenvalue weighted by atomic mass is 16.6. The van der Waals surface area contributed by atoms with Gasteiger partial charge in [-0.15, -0.1) is 0 Å². The van der Waals surface area contributed by atoms with Crippen molar-refractivity contribution in [2.45, 2.75) is 155 Å². The molecule has 0 heterocycles. The van der Waals surface area contributed by atoms with Crippen LogP contribution in [0.25, 0.3) is 0 Å². The number of aliphatic hydroxyl groups excluding tert-OH is 7. The average Bonchev–Trinajstić information content (AvgIpc) is 3.43. The first-order chi connectivity index (χ1) is 37.8. The van der Waals surface area contributed by atoms with Crippen LogP contribution in [-0.2, 0) is 71.1 Å². The molecule has 0 spiro atoms. The van der Waals surface area contributed by atoms with Gasteiger partial charge in [0, 0.05) is 126 Å². The summed E-state index contributed by atoms with van der Waals surface area (Å²) in [6, 6.07) is 0. The number of hydrogen-bond acceptors (Lipinski definition) is 22. The summed E-state index contributed by atoms with van der Waals surface area (Å²) in [5, 5.41) is 61.7. The Morgan fingerprint density at radius 1 is 0.208 bits per heavy atom. The van der Waals surface area contributed by atoms with Crippen LogP contribution in [0.15, 0.2) is 0 Å². The second kappa shape index (κ2) is 71.2. The number of hydrogen-bond donors (Lipinski definition) is 7. The molecule has 22 heteroatoms. The molecule has 0 radical (unpaired) electrons. The molecule has 0 rings (SSSR count). The van der Waals surface area contributed by atoms with E-state index >= 15 is 0 Å². The van der Waals surface area contributed by atoms with Crippen LogP contribution in [0, 0.1) is 0 Å². The Bertz CT molecular complexity index is 1010. The molecule has 468 valence electrons. The zero-order valence-electron chi connectivity index (χ0n) is 48.8. The first-order valence-electron chi connectivity index (χ1n) is 29.0. The first kappa shape index (κ1) is 80.3. The number of unbranched alkanes of at least 4 members (excludes halogenated alkanes) is 3. The lowest BCUT2D eigenvalue weighted by Crippen LogP contribution is -2.31. The zero-order valence-corrected chi connectivity index (χ0v) is 48.8. The topological polar surface area (TPSA) is 280 Å². The summed E-state index contributed by atoms with van der Waals surface area (Å²) < 4.78 is 84.6. The highest BCUT2D eigenvalue weighted by molar-refractivity contribution is 4.63. The van der Waals surface area contributed by atoms with Crippen LogP contribution >= 0.6 is 0 Å². The SMILES string of the molecule is CCCCOC(COCCCO)COCC(COCC)OCCCO.CCCCOC(COCCCO)COCC(COCCCO)OCC.CCCCOC(COCCCO)COCC(COCCCO)OCCCO. The number of rotatable bonds is 62. The van der Waals surface area contributed by atoms with Crippen molar-refractivity contribution in [3.05, 3.63) is 0 Å². The monoisotopic (exact) mass is 1130 g/mol. The summed E-state index contributed by atoms with van der Waals surface area (Å²) in [5.41, 5.74) is 0. The first-order valence-corrected chi connectivity index (χ1v) is 29.0. The molecule has 0 aromatic rings. The fraction of sp³-hybridized carbons (Fsp3) is 1.00. The molecule has 6 atom stereocenters. The third kappa shape index (κ3) is 64.2. The van der Waals surface area contributed by atoms with Gasteiger partial charge in [-0.1, -0.05) is 40.0 Å². The van der Waals surface area contributed by atoms with Gasteiger partial charge in [0.05, 0.1) is 79.3 Å². The Kier molecular flexibility index (Phi) is 74.3. The van der Waals surface area contributed by atoms with Crippen molar-refractivity contribution in [1.29, 1.82) is 0 Å². The second-order valence-electron chi connectivity index (χ2n) is 17.8. The van der Waals surface area contributed by atoms with Gasteiger partial charge in [-0.05, 0) is 78.1 Å². The fourth-order valence-corrected chi connectivity index (χ4v) is 6.06. The third-order valence-electron chi connectivity index (χ3n) is 10.4. The van der Waals surface area contributed by atoms with Gasteiger partial charge in [-0.25, -0.2) is 0 Å². The molecule has 0 aromatic heterocycles. The normalized spacial score (nSPS) is 13.9. The highest BCUT2D eigenvalue weighted by Gasteiger charge is 2.17. The average molecular weight is 1130 g/mol. The van der Waals surface area contributed by atoms with E-state index in [1.54, 1.807) is 0 Å². The lowest BCUT2D eigenvalue weighted by Gasteiger charge is -2.21. The van der Waals surface area contributed by atoms with E-state index in [0.717, 1.165) is 38.5 Å². The van der Waals surface area contributed by atoms with Crippen molar-refractivity contribution in [3.63, 3.8) is 0 Å². The standard InChI is InChI=1S/C19H40O8.2C18H38O7/c1-2-3-12-26-18(14-23-10-4-7-20)16-25-17-19(27-13-6-9-22)15-24-11-5-8-21;1-3-5-12-25-18(14-22-11-7-9-20)16-23-15-17(24-4-2)13-21-10-6-8-19;1-3-5-11-24-18(14-22-10-6-8-19)16-23-15-17(13-21-4-2)25-12-7-9-20/h18-22H,2-17H2,1H3;2*17-20H,3-16H2,1-2H3. The predicted molar refractivity (Wildman–Crippen MR) is 294 cm³/mol. The summed E-state index contributed by atoms with van der Waals surface area (Å²) in [4.78, 5) is 0. The van der Waals surface area contributed by atoms with Crippen molar-refractivity contribution in [3.8, 4) is 0 Å². The molecule has 0 aliphatic heterocycles. The van der Waals surface area contributed by atoms with Crippen LogP contribution in [0.5, 0.6) is 0 Å². The molecule has 77 heavy (non-hydrogen) atoms. The summed E-state index contributed by atoms with van der Waals surface area (Å²) in [6.07, 6.45) is 9.51. The lowest BCUT2D eigenvalue weighted by molar-refractivity contribution is -0.0968. The van der Waals surface area contributed by atoms with Gasteiger partial charge in [0.25, 0.3) is 0 Å². The molecule has 0 saturated carbocycles. The van der Waals surface area contributed by atoms with E-state index in [0.29, 0.717) is 204 Å². The van der Waals surface area contributed by atoms with Crippen LogP contribution in [0.4, 0.5) is 0 Å². The Labute approximate surface area is 465 Å². The summed E-state index contributed by atoms with van der Waals surface area (Å²) in [7, 11) is 0. The number of ether oxygens (including phenoxy) is 15. The van der Waals surface area contributed by atoms with E-state index < -0.39 is 0 Å². The summed E-state index contributed by atoms with van der Waals surface area (Å²) in [5.74, 6) is 0. The van der Waals surface area contributed by atoms with Gasteiger partial charge in [-0.3, -0.25) is 0 Å². The van der Waals surface area contributed by atoms with Gasteiger partial charge < -0.3 is 107 Å². The molecule has 0 aromatic carbocycles. The smallest absolute Gasteiger partial charge is 0.104 e. The molecule has 0 amide bonds. The highest BCUT2D eigenvalue weighted by Crippen LogP contribution is 2.06. The van der Waals surface area contributed by atoms with Crippen LogP contribution in [0.1, 0.15) is 118 Å². The van der Waals surface area contributed by atoms with Crippen molar-refractivity contribution in [2.24, 2.45) is 0 Å². The Hall–Kier alpha value is -0.880. The second-order valence-corrected chi connectivity index (χ2v) is 17.8. The largest absolute Gasteiger partial charge is 0.396 e. The minimum Gasteiger partial charge on any atom is -0.396 e. The maximum atomic E-state index is 8.88. The van der Waals surface area contributed by atoms with Gasteiger partial charge in [0.15, 0.2) is 0 Å². The van der Waals surface area contributed by atoms with E-state index in [1.807, 2.05) is 13.8 Å². The van der Waals surface area contributed by atoms with Crippen molar-refractivity contribution in [1.82, 2.24) is 0 Å². The van der Waals surface area contributed by atoms with E-state index in [-0.39, 0.29) is 82.9 Å². The molecule has 0 fully saturated rings. The molecule has 0 bridgehead atoms. The van der Waals surface area contributed by atoms with E-state index in [1.165, 1.54) is 0 Å². The van der Waals surface area contributed by atoms with Crippen LogP contribution in [-0.4, -0.2) is 277 Å². The molecule has 22 nitrogen and oxygen atoms in total. The van der Waals surface area contributed by atoms with Gasteiger partial charge in [-0.2, -0.15) is 0 Å². The van der Waals surface area contributed by atoms with Gasteiger partial charge >= 0.3 is 0 Å². The maximum Gasteiger partial charge on any atom is 0.104 e. The minimum absolute atomic E-state index is 0.0808. The lowest BCUT2D eigenvalue weighted by atomic mass is 10.3. The fourth-order valence-electron chi connectivity index (χ4n) is 6.06. The maximum absolute atomic E-state index is 8.88. The van der Waals surface area contributed by atoms with Crippen LogP contribution in [0.3, 0.4) is 0 Å². The third-order valence-corrected chi connectivity index (χ3v) is 10.4. The summed E-state index contributed by atoms with van der Waals surface area (Å²) >= 11 is 0.